The van der Waals surface area contributed by atoms with Crippen molar-refractivity contribution in [1.29, 1.82) is 0 Å². The van der Waals surface area contributed by atoms with E-state index in [0.717, 1.165) is 0 Å². The van der Waals surface area contributed by atoms with Crippen LogP contribution in [0.2, 0.25) is 0 Å². The van der Waals surface area contributed by atoms with E-state index in [-0.39, 0.29) is 0 Å². The predicted octanol–water partition coefficient (Wildman–Crippen LogP) is -1.25. The molecule has 39 valence electrons. The van der Waals surface area contributed by atoms with Crippen LogP contribution in [0.5, 0.6) is 0 Å². The number of hydrogen-bond acceptors (Lipinski definition) is 2. The molecule has 0 aromatic rings. The summed E-state index contributed by atoms with van der Waals surface area (Å²) in [5, 5.41) is 2.56. The molecule has 4 amide bonds. The van der Waals surface area contributed by atoms with Gasteiger partial charge in [0, 0.05) is 0 Å². The lowest BCUT2D eigenvalue weighted by molar-refractivity contribution is 0.235. The molecule has 0 rings (SSSR count). The molecule has 0 aliphatic rings. The Kier molecular flexibility index (Phi) is 1.65. The molecule has 4 N–H and O–H groups in total. The zero-order valence-corrected chi connectivity index (χ0v) is 3.42. The van der Waals surface area contributed by atoms with E-state index in [9.17, 15) is 9.59 Å². The van der Waals surface area contributed by atoms with Gasteiger partial charge in [0.2, 0.25) is 0 Å². The van der Waals surface area contributed by atoms with E-state index in [1.165, 1.54) is 0 Å². The number of imide groups is 1. The summed E-state index contributed by atoms with van der Waals surface area (Å²) < 4.78 is 0. The van der Waals surface area contributed by atoms with E-state index in [1.54, 1.807) is 0 Å². The van der Waals surface area contributed by atoms with Crippen molar-refractivity contribution < 1.29 is 9.59 Å². The van der Waals surface area contributed by atoms with Crippen LogP contribution in [0, 0.1) is 0 Å². The Hall–Kier alpha value is -1.26. The molecule has 0 aromatic heterocycles. The predicted molar refractivity (Wildman–Crippen MR) is 21.3 cm³/mol. The van der Waals surface area contributed by atoms with Crippen molar-refractivity contribution in [2.75, 3.05) is 0 Å². The van der Waals surface area contributed by atoms with Crippen LogP contribution in [0.4, 0.5) is 9.59 Å². The van der Waals surface area contributed by atoms with Gasteiger partial charge in [0.1, 0.15) is 0 Å². The molecule has 0 saturated carbocycles. The van der Waals surface area contributed by atoms with Gasteiger partial charge in [-0.2, -0.15) is 0 Å². The lowest BCUT2D eigenvalue weighted by Crippen LogP contribution is -2.32. The SMILES string of the molecule is NC(=O)[N]C(N)=O. The lowest BCUT2D eigenvalue weighted by Gasteiger charge is -1.83. The van der Waals surface area contributed by atoms with E-state index in [0.29, 0.717) is 0 Å². The number of hydrogen-bond donors (Lipinski definition) is 2. The van der Waals surface area contributed by atoms with Crippen molar-refractivity contribution in [2.45, 2.75) is 0 Å². The summed E-state index contributed by atoms with van der Waals surface area (Å²) in [7, 11) is 0. The molecule has 0 spiro atoms. The average Bonchev–Trinajstić information content (AvgIpc) is 1.27. The molecule has 1 radical (unpaired) electrons. The minimum atomic E-state index is -1.06. The van der Waals surface area contributed by atoms with E-state index in [4.69, 9.17) is 0 Å². The molecule has 0 bridgehead atoms. The van der Waals surface area contributed by atoms with Crippen LogP contribution < -0.4 is 16.8 Å². The minimum Gasteiger partial charge on any atom is -0.350 e. The number of carbonyl (C=O) groups is 2. The Labute approximate surface area is 39.7 Å². The van der Waals surface area contributed by atoms with Gasteiger partial charge in [-0.25, -0.2) is 9.59 Å². The van der Waals surface area contributed by atoms with Crippen LogP contribution in [-0.4, -0.2) is 12.1 Å². The second kappa shape index (κ2) is 2.01. The van der Waals surface area contributed by atoms with Crippen LogP contribution in [0.1, 0.15) is 0 Å². The second-order valence-electron chi connectivity index (χ2n) is 0.788. The van der Waals surface area contributed by atoms with Crippen molar-refractivity contribution in [1.82, 2.24) is 5.32 Å². The van der Waals surface area contributed by atoms with Gasteiger partial charge in [0.15, 0.2) is 0 Å². The van der Waals surface area contributed by atoms with E-state index in [1.807, 2.05) is 0 Å². The number of amides is 4. The highest BCUT2D eigenvalue weighted by molar-refractivity contribution is 5.90. The van der Waals surface area contributed by atoms with Crippen LogP contribution in [-0.2, 0) is 0 Å². The van der Waals surface area contributed by atoms with E-state index < -0.39 is 12.1 Å². The average molecular weight is 102 g/mol. The highest BCUT2D eigenvalue weighted by Gasteiger charge is 1.96. The Morgan fingerprint density at radius 1 is 1.14 bits per heavy atom. The van der Waals surface area contributed by atoms with Gasteiger partial charge in [-0.15, -0.1) is 5.32 Å². The van der Waals surface area contributed by atoms with Crippen LogP contribution in [0.25, 0.3) is 0 Å². The third kappa shape index (κ3) is 4.74. The summed E-state index contributed by atoms with van der Waals surface area (Å²) in [4.78, 5) is 19.1. The fraction of sp³-hybridized carbons (Fsp3) is 0. The topological polar surface area (TPSA) is 100 Å². The first kappa shape index (κ1) is 5.74. The minimum absolute atomic E-state index is 1.06. The number of nitrogens with zero attached hydrogens (tertiary/aromatic N) is 1. The molecule has 0 heterocycles. The van der Waals surface area contributed by atoms with Crippen molar-refractivity contribution in [3.63, 3.8) is 0 Å². The van der Waals surface area contributed by atoms with Crippen molar-refractivity contribution in [3.05, 3.63) is 0 Å². The molecule has 0 unspecified atom stereocenters. The first-order valence-electron chi connectivity index (χ1n) is 1.43. The Bertz CT molecular complexity index is 87.1. The molecule has 0 aliphatic carbocycles. The summed E-state index contributed by atoms with van der Waals surface area (Å²) >= 11 is 0. The highest BCUT2D eigenvalue weighted by atomic mass is 16.2. The third-order valence-electron chi connectivity index (χ3n) is 0.220. The number of primary amides is 2. The maximum Gasteiger partial charge on any atom is 0.343 e. The van der Waals surface area contributed by atoms with E-state index >= 15 is 0 Å². The summed E-state index contributed by atoms with van der Waals surface area (Å²) in [5.41, 5.74) is 8.77. The Morgan fingerprint density at radius 3 is 1.43 bits per heavy atom. The maximum absolute atomic E-state index is 9.56. The molecule has 0 atom stereocenters. The molecule has 0 aliphatic heterocycles. The van der Waals surface area contributed by atoms with Gasteiger partial charge in [0.05, 0.1) is 0 Å². The van der Waals surface area contributed by atoms with Crippen molar-refractivity contribution >= 4 is 12.1 Å². The molecule has 5 nitrogen and oxygen atoms in total. The smallest absolute Gasteiger partial charge is 0.343 e. The quantitative estimate of drug-likeness (QED) is 0.399. The van der Waals surface area contributed by atoms with E-state index in [2.05, 4.69) is 16.8 Å². The standard InChI is InChI=1S/C2H4N3O2/c3-1(6)5-2(4)7/h(H2,3,6)(H2,4,7). The fourth-order valence-corrected chi connectivity index (χ4v) is 0.109. The molecule has 5 heteroatoms. The third-order valence-corrected chi connectivity index (χ3v) is 0.220. The second-order valence-corrected chi connectivity index (χ2v) is 0.788. The van der Waals surface area contributed by atoms with Crippen molar-refractivity contribution in [2.24, 2.45) is 11.5 Å². The van der Waals surface area contributed by atoms with Gasteiger partial charge in [-0.1, -0.05) is 0 Å². The summed E-state index contributed by atoms with van der Waals surface area (Å²) in [6, 6.07) is -2.12. The zero-order chi connectivity index (χ0) is 5.86. The first-order valence-corrected chi connectivity index (χ1v) is 1.43. The van der Waals surface area contributed by atoms with Gasteiger partial charge < -0.3 is 11.5 Å². The first-order chi connectivity index (χ1) is 3.13. The van der Waals surface area contributed by atoms with Gasteiger partial charge in [0.25, 0.3) is 0 Å². The van der Waals surface area contributed by atoms with Crippen molar-refractivity contribution in [3.8, 4) is 0 Å². The summed E-state index contributed by atoms with van der Waals surface area (Å²) in [6.45, 7) is 0. The highest BCUT2D eigenvalue weighted by Crippen LogP contribution is 1.56. The van der Waals surface area contributed by atoms with Gasteiger partial charge in [-0.05, 0) is 0 Å². The number of rotatable bonds is 0. The van der Waals surface area contributed by atoms with Gasteiger partial charge in [-0.3, -0.25) is 0 Å². The summed E-state index contributed by atoms with van der Waals surface area (Å²) in [5.74, 6) is 0. The number of carbonyl (C=O) groups excluding carboxylic acids is 2. The zero-order valence-electron chi connectivity index (χ0n) is 3.42. The molecule has 0 fully saturated rings. The number of urea groups is 2. The molecular formula is C2H4N3O2. The molecule has 0 aromatic carbocycles. The van der Waals surface area contributed by atoms with Crippen LogP contribution in [0.15, 0.2) is 0 Å². The Morgan fingerprint density at radius 2 is 1.43 bits per heavy atom. The normalized spacial score (nSPS) is 7.43. The molecule has 7 heavy (non-hydrogen) atoms. The molecular weight excluding hydrogens is 98.0 g/mol. The monoisotopic (exact) mass is 102 g/mol. The summed E-state index contributed by atoms with van der Waals surface area (Å²) in [6.07, 6.45) is 0. The molecule has 0 saturated heterocycles. The van der Waals surface area contributed by atoms with Crippen LogP contribution in [0.3, 0.4) is 0 Å². The van der Waals surface area contributed by atoms with Crippen LogP contribution >= 0.6 is 0 Å². The fourth-order valence-electron chi connectivity index (χ4n) is 0.109. The largest absolute Gasteiger partial charge is 0.350 e. The van der Waals surface area contributed by atoms with Gasteiger partial charge >= 0.3 is 12.1 Å². The Balaban J connectivity index is 3.32. The lowest BCUT2D eigenvalue weighted by atomic mass is 10.9. The maximum atomic E-state index is 9.56. The number of nitrogens with two attached hydrogens (primary N) is 2.